The Bertz CT molecular complexity index is 788. The van der Waals surface area contributed by atoms with Gasteiger partial charge in [-0.1, -0.05) is 23.7 Å². The Morgan fingerprint density at radius 3 is 2.46 bits per heavy atom. The van der Waals surface area contributed by atoms with Gasteiger partial charge in [0.05, 0.1) is 19.8 Å². The third kappa shape index (κ3) is 4.66. The van der Waals surface area contributed by atoms with Crippen molar-refractivity contribution >= 4 is 28.9 Å². The first-order valence-corrected chi connectivity index (χ1v) is 10.3. The summed E-state index contributed by atoms with van der Waals surface area (Å²) in [5.74, 6) is 0.0278. The summed E-state index contributed by atoms with van der Waals surface area (Å²) in [5, 5.41) is 3.78. The standard InChI is InChI=1S/C22H26ClN3O2/c23-18-5-3-17(4-6-18)21-2-1-11-26(21)16-22(27)24-19-7-9-20(10-8-19)25-12-14-28-15-13-25/h3-10,21H,1-2,11-16H2,(H,24,27). The van der Waals surface area contributed by atoms with Crippen LogP contribution in [0.3, 0.4) is 0 Å². The molecule has 2 saturated heterocycles. The molecule has 2 heterocycles. The Hall–Kier alpha value is -2.08. The van der Waals surface area contributed by atoms with E-state index in [1.165, 1.54) is 11.3 Å². The molecule has 2 aliphatic rings. The zero-order valence-electron chi connectivity index (χ0n) is 15.9. The van der Waals surface area contributed by atoms with Crippen LogP contribution in [0, 0.1) is 0 Å². The lowest BCUT2D eigenvalue weighted by Crippen LogP contribution is -2.36. The van der Waals surface area contributed by atoms with Crippen molar-refractivity contribution in [1.29, 1.82) is 0 Å². The van der Waals surface area contributed by atoms with Crippen LogP contribution in [0.5, 0.6) is 0 Å². The van der Waals surface area contributed by atoms with Gasteiger partial charge in [0.1, 0.15) is 0 Å². The Labute approximate surface area is 171 Å². The molecule has 148 valence electrons. The first-order chi connectivity index (χ1) is 13.7. The minimum Gasteiger partial charge on any atom is -0.378 e. The third-order valence-electron chi connectivity index (χ3n) is 5.49. The summed E-state index contributed by atoms with van der Waals surface area (Å²) in [6.07, 6.45) is 2.18. The second kappa shape index (κ2) is 8.95. The Morgan fingerprint density at radius 2 is 1.75 bits per heavy atom. The highest BCUT2D eigenvalue weighted by Crippen LogP contribution is 2.32. The Kier molecular flexibility index (Phi) is 6.15. The molecule has 0 spiro atoms. The normalized spacial score (nSPS) is 20.3. The van der Waals surface area contributed by atoms with Crippen molar-refractivity contribution in [2.75, 3.05) is 49.6 Å². The summed E-state index contributed by atoms with van der Waals surface area (Å²) in [4.78, 5) is 17.1. The van der Waals surface area contributed by atoms with Gasteiger partial charge < -0.3 is 15.0 Å². The molecule has 2 fully saturated rings. The Balaban J connectivity index is 1.34. The third-order valence-corrected chi connectivity index (χ3v) is 5.74. The number of morpholine rings is 1. The molecule has 1 N–H and O–H groups in total. The number of amides is 1. The minimum absolute atomic E-state index is 0.0278. The fourth-order valence-corrected chi connectivity index (χ4v) is 4.17. The molecule has 6 heteroatoms. The largest absolute Gasteiger partial charge is 0.378 e. The van der Waals surface area contributed by atoms with E-state index >= 15 is 0 Å². The highest BCUT2D eigenvalue weighted by molar-refractivity contribution is 6.30. The van der Waals surface area contributed by atoms with Gasteiger partial charge in [-0.3, -0.25) is 9.69 Å². The summed E-state index contributed by atoms with van der Waals surface area (Å²) in [7, 11) is 0. The van der Waals surface area contributed by atoms with E-state index < -0.39 is 0 Å². The van der Waals surface area contributed by atoms with Gasteiger partial charge in [0.15, 0.2) is 0 Å². The number of benzene rings is 2. The van der Waals surface area contributed by atoms with E-state index in [1.807, 2.05) is 24.3 Å². The molecule has 1 atom stereocenters. The number of rotatable bonds is 5. The van der Waals surface area contributed by atoms with Crippen LogP contribution < -0.4 is 10.2 Å². The average Bonchev–Trinajstić information content (AvgIpc) is 3.18. The lowest BCUT2D eigenvalue weighted by atomic mass is 10.0. The van der Waals surface area contributed by atoms with Gasteiger partial charge in [-0.25, -0.2) is 0 Å². The summed E-state index contributed by atoms with van der Waals surface area (Å²) < 4.78 is 5.40. The predicted molar refractivity (Wildman–Crippen MR) is 113 cm³/mol. The topological polar surface area (TPSA) is 44.8 Å². The first kappa shape index (κ1) is 19.2. The molecule has 28 heavy (non-hydrogen) atoms. The molecule has 2 aliphatic heterocycles. The molecule has 2 aromatic carbocycles. The van der Waals surface area contributed by atoms with Crippen LogP contribution in [0.4, 0.5) is 11.4 Å². The summed E-state index contributed by atoms with van der Waals surface area (Å²) in [5.41, 5.74) is 3.23. The molecule has 0 radical (unpaired) electrons. The van der Waals surface area contributed by atoms with Crippen molar-refractivity contribution in [2.45, 2.75) is 18.9 Å². The van der Waals surface area contributed by atoms with E-state index in [9.17, 15) is 4.79 Å². The molecule has 0 bridgehead atoms. The van der Waals surface area contributed by atoms with E-state index in [2.05, 4.69) is 39.4 Å². The monoisotopic (exact) mass is 399 g/mol. The highest BCUT2D eigenvalue weighted by Gasteiger charge is 2.27. The van der Waals surface area contributed by atoms with Gasteiger partial charge in [0, 0.05) is 35.5 Å². The molecule has 4 rings (SSSR count). The van der Waals surface area contributed by atoms with Crippen molar-refractivity contribution in [3.8, 4) is 0 Å². The SMILES string of the molecule is O=C(CN1CCCC1c1ccc(Cl)cc1)Nc1ccc(N2CCOCC2)cc1. The van der Waals surface area contributed by atoms with Crippen LogP contribution in [0.1, 0.15) is 24.4 Å². The number of hydrogen-bond acceptors (Lipinski definition) is 4. The molecule has 5 nitrogen and oxygen atoms in total. The molecular weight excluding hydrogens is 374 g/mol. The average molecular weight is 400 g/mol. The maximum absolute atomic E-state index is 12.6. The first-order valence-electron chi connectivity index (χ1n) is 9.91. The zero-order chi connectivity index (χ0) is 19.3. The van der Waals surface area contributed by atoms with Crippen LogP contribution in [-0.4, -0.2) is 50.2 Å². The number of likely N-dealkylation sites (tertiary alicyclic amines) is 1. The van der Waals surface area contributed by atoms with Crippen LogP contribution in [0.25, 0.3) is 0 Å². The molecule has 1 unspecified atom stereocenters. The fourth-order valence-electron chi connectivity index (χ4n) is 4.04. The summed E-state index contributed by atoms with van der Waals surface area (Å²) >= 11 is 6.00. The summed E-state index contributed by atoms with van der Waals surface area (Å²) in [6.45, 7) is 4.70. The predicted octanol–water partition coefficient (Wildman–Crippen LogP) is 3.95. The second-order valence-electron chi connectivity index (χ2n) is 7.37. The van der Waals surface area contributed by atoms with Crippen molar-refractivity contribution in [3.05, 3.63) is 59.1 Å². The van der Waals surface area contributed by atoms with Gasteiger partial charge >= 0.3 is 0 Å². The number of carbonyl (C=O) groups is 1. The van der Waals surface area contributed by atoms with E-state index in [0.29, 0.717) is 6.54 Å². The Morgan fingerprint density at radius 1 is 1.04 bits per heavy atom. The minimum atomic E-state index is 0.0278. The number of nitrogens with zero attached hydrogens (tertiary/aromatic N) is 2. The zero-order valence-corrected chi connectivity index (χ0v) is 16.7. The van der Waals surface area contributed by atoms with Gasteiger partial charge in [-0.2, -0.15) is 0 Å². The number of anilines is 2. The number of ether oxygens (including phenoxy) is 1. The molecule has 0 saturated carbocycles. The summed E-state index contributed by atoms with van der Waals surface area (Å²) in [6, 6.07) is 16.3. The fraction of sp³-hybridized carbons (Fsp3) is 0.409. The molecule has 1 amide bonds. The maximum Gasteiger partial charge on any atom is 0.238 e. The molecular formula is C22H26ClN3O2. The van der Waals surface area contributed by atoms with Gasteiger partial charge in [0.25, 0.3) is 0 Å². The van der Waals surface area contributed by atoms with Gasteiger partial charge in [-0.05, 0) is 61.3 Å². The maximum atomic E-state index is 12.6. The lowest BCUT2D eigenvalue weighted by molar-refractivity contribution is -0.117. The van der Waals surface area contributed by atoms with Crippen LogP contribution >= 0.6 is 11.6 Å². The van der Waals surface area contributed by atoms with Crippen molar-refractivity contribution in [1.82, 2.24) is 4.90 Å². The number of hydrogen-bond donors (Lipinski definition) is 1. The number of halogens is 1. The second-order valence-corrected chi connectivity index (χ2v) is 7.81. The molecule has 0 aliphatic carbocycles. The van der Waals surface area contributed by atoms with E-state index in [1.54, 1.807) is 0 Å². The van der Waals surface area contributed by atoms with Crippen molar-refractivity contribution in [2.24, 2.45) is 0 Å². The van der Waals surface area contributed by atoms with E-state index in [0.717, 1.165) is 56.4 Å². The van der Waals surface area contributed by atoms with E-state index in [4.69, 9.17) is 16.3 Å². The number of nitrogens with one attached hydrogen (secondary N) is 1. The van der Waals surface area contributed by atoms with Crippen LogP contribution in [0.15, 0.2) is 48.5 Å². The highest BCUT2D eigenvalue weighted by atomic mass is 35.5. The molecule has 2 aromatic rings. The smallest absolute Gasteiger partial charge is 0.238 e. The quantitative estimate of drug-likeness (QED) is 0.826. The van der Waals surface area contributed by atoms with Crippen molar-refractivity contribution in [3.63, 3.8) is 0 Å². The van der Waals surface area contributed by atoms with Crippen LogP contribution in [0.2, 0.25) is 5.02 Å². The van der Waals surface area contributed by atoms with Gasteiger partial charge in [0.2, 0.25) is 5.91 Å². The molecule has 0 aromatic heterocycles. The van der Waals surface area contributed by atoms with E-state index in [-0.39, 0.29) is 11.9 Å². The van der Waals surface area contributed by atoms with Crippen LogP contribution in [-0.2, 0) is 9.53 Å². The van der Waals surface area contributed by atoms with Crippen molar-refractivity contribution < 1.29 is 9.53 Å². The number of carbonyl (C=O) groups excluding carboxylic acids is 1. The lowest BCUT2D eigenvalue weighted by Gasteiger charge is -2.29. The van der Waals surface area contributed by atoms with Gasteiger partial charge in [-0.15, -0.1) is 0 Å².